The van der Waals surface area contributed by atoms with Crippen LogP contribution in [0.2, 0.25) is 0 Å². The smallest absolute Gasteiger partial charge is 0.339 e. The molecule has 1 atom stereocenters. The standard InChI is InChI=1S/C20H20O12/c1-3-15(21)29-5-7-31-19(27)13-9-12(18(25)26)14(10-11(13)17(23)24)20(28)32-8-6-30-16(22)4-2/h3-4,9-10,15,21H,1-2,5-8H2,(H,23,24)(H,25,26)/t15-/m1/s1. The summed E-state index contributed by atoms with van der Waals surface area (Å²) in [5, 5.41) is 27.9. The van der Waals surface area contributed by atoms with Crippen LogP contribution in [0.3, 0.4) is 0 Å². The molecule has 0 aromatic heterocycles. The number of hydrogen-bond donors (Lipinski definition) is 3. The summed E-state index contributed by atoms with van der Waals surface area (Å²) in [5.74, 6) is -6.46. The van der Waals surface area contributed by atoms with Crippen molar-refractivity contribution >= 4 is 29.8 Å². The Hall–Kier alpha value is -4.03. The monoisotopic (exact) mass is 452 g/mol. The topological polar surface area (TPSA) is 183 Å². The first-order chi connectivity index (χ1) is 15.1. The van der Waals surface area contributed by atoms with Crippen LogP contribution in [0.25, 0.3) is 0 Å². The SMILES string of the molecule is C=CC(=O)OCCOC(=O)c1cc(C(=O)O)c(C(=O)OCCO[C@@H](O)C=C)cc1C(=O)O. The summed E-state index contributed by atoms with van der Waals surface area (Å²) in [6, 6.07) is 1.33. The van der Waals surface area contributed by atoms with Gasteiger partial charge in [0.15, 0.2) is 6.29 Å². The fraction of sp³-hybridized carbons (Fsp3) is 0.250. The minimum Gasteiger partial charge on any atom is -0.478 e. The lowest BCUT2D eigenvalue weighted by Crippen LogP contribution is -2.21. The van der Waals surface area contributed by atoms with Gasteiger partial charge in [0.05, 0.1) is 28.9 Å². The van der Waals surface area contributed by atoms with Crippen molar-refractivity contribution in [1.29, 1.82) is 0 Å². The number of rotatable bonds is 13. The zero-order chi connectivity index (χ0) is 24.3. The van der Waals surface area contributed by atoms with Crippen LogP contribution >= 0.6 is 0 Å². The van der Waals surface area contributed by atoms with E-state index in [-0.39, 0.29) is 13.2 Å². The second-order valence-corrected chi connectivity index (χ2v) is 5.69. The second-order valence-electron chi connectivity index (χ2n) is 5.69. The first kappa shape index (κ1) is 26.0. The molecule has 0 heterocycles. The van der Waals surface area contributed by atoms with Gasteiger partial charge in [-0.05, 0) is 18.2 Å². The lowest BCUT2D eigenvalue weighted by Gasteiger charge is -2.13. The van der Waals surface area contributed by atoms with Crippen molar-refractivity contribution in [3.8, 4) is 0 Å². The molecule has 3 N–H and O–H groups in total. The third-order valence-corrected chi connectivity index (χ3v) is 3.59. The number of carboxylic acid groups (broad SMARTS) is 2. The molecule has 1 rings (SSSR count). The number of aliphatic hydroxyl groups is 1. The number of carbonyl (C=O) groups excluding carboxylic acids is 3. The number of aliphatic hydroxyl groups excluding tert-OH is 1. The molecule has 0 saturated heterocycles. The van der Waals surface area contributed by atoms with Crippen LogP contribution in [-0.2, 0) is 23.7 Å². The van der Waals surface area contributed by atoms with Gasteiger partial charge in [-0.25, -0.2) is 24.0 Å². The molecule has 172 valence electrons. The Balaban J connectivity index is 3.06. The molecule has 0 spiro atoms. The van der Waals surface area contributed by atoms with Crippen LogP contribution in [-0.4, -0.2) is 77.9 Å². The van der Waals surface area contributed by atoms with Gasteiger partial charge in [0.1, 0.15) is 19.8 Å². The maximum absolute atomic E-state index is 12.3. The number of hydrogen-bond acceptors (Lipinski definition) is 10. The van der Waals surface area contributed by atoms with Gasteiger partial charge < -0.3 is 34.3 Å². The van der Waals surface area contributed by atoms with Crippen molar-refractivity contribution < 1.29 is 58.2 Å². The maximum atomic E-state index is 12.3. The van der Waals surface area contributed by atoms with E-state index in [0.717, 1.165) is 12.2 Å². The average molecular weight is 452 g/mol. The third kappa shape index (κ3) is 7.66. The molecule has 0 radical (unpaired) electrons. The molecule has 0 fully saturated rings. The lowest BCUT2D eigenvalue weighted by atomic mass is 9.98. The van der Waals surface area contributed by atoms with Gasteiger partial charge in [0, 0.05) is 6.08 Å². The Morgan fingerprint density at radius 2 is 1.22 bits per heavy atom. The van der Waals surface area contributed by atoms with Gasteiger partial charge in [-0.1, -0.05) is 13.2 Å². The number of carboxylic acids is 2. The Morgan fingerprint density at radius 3 is 1.62 bits per heavy atom. The highest BCUT2D eigenvalue weighted by molar-refractivity contribution is 6.09. The third-order valence-electron chi connectivity index (χ3n) is 3.59. The van der Waals surface area contributed by atoms with E-state index in [1.54, 1.807) is 0 Å². The molecule has 0 amide bonds. The van der Waals surface area contributed by atoms with Crippen molar-refractivity contribution in [2.45, 2.75) is 6.29 Å². The number of aromatic carboxylic acids is 2. The van der Waals surface area contributed by atoms with Gasteiger partial charge in [-0.15, -0.1) is 0 Å². The average Bonchev–Trinajstić information content (AvgIpc) is 2.77. The summed E-state index contributed by atoms with van der Waals surface area (Å²) < 4.78 is 19.0. The van der Waals surface area contributed by atoms with Crippen LogP contribution in [0.15, 0.2) is 37.4 Å². The lowest BCUT2D eigenvalue weighted by molar-refractivity contribution is -0.138. The number of carbonyl (C=O) groups is 5. The number of esters is 3. The van der Waals surface area contributed by atoms with Crippen molar-refractivity contribution in [3.05, 3.63) is 59.7 Å². The van der Waals surface area contributed by atoms with Crippen molar-refractivity contribution in [2.75, 3.05) is 26.4 Å². The van der Waals surface area contributed by atoms with Crippen molar-refractivity contribution in [3.63, 3.8) is 0 Å². The van der Waals surface area contributed by atoms with Crippen LogP contribution in [0.4, 0.5) is 0 Å². The number of ether oxygens (including phenoxy) is 4. The number of benzene rings is 1. The predicted molar refractivity (Wildman–Crippen MR) is 104 cm³/mol. The molecular weight excluding hydrogens is 432 g/mol. The first-order valence-corrected chi connectivity index (χ1v) is 8.82. The van der Waals surface area contributed by atoms with Gasteiger partial charge in [-0.2, -0.15) is 0 Å². The van der Waals surface area contributed by atoms with E-state index in [9.17, 15) is 34.2 Å². The van der Waals surface area contributed by atoms with E-state index >= 15 is 0 Å². The molecule has 0 aliphatic carbocycles. The molecule has 32 heavy (non-hydrogen) atoms. The van der Waals surface area contributed by atoms with E-state index in [1.807, 2.05) is 0 Å². The Morgan fingerprint density at radius 1 is 0.781 bits per heavy atom. The molecule has 1 aromatic rings. The van der Waals surface area contributed by atoms with E-state index in [4.69, 9.17) is 19.3 Å². The zero-order valence-electron chi connectivity index (χ0n) is 16.6. The van der Waals surface area contributed by atoms with E-state index < -0.39 is 71.6 Å². The Labute approximate surface area is 181 Å². The van der Waals surface area contributed by atoms with E-state index in [0.29, 0.717) is 12.1 Å². The molecule has 0 aliphatic rings. The zero-order valence-corrected chi connectivity index (χ0v) is 16.6. The summed E-state index contributed by atoms with van der Waals surface area (Å²) in [6.45, 7) is 5.00. The van der Waals surface area contributed by atoms with E-state index in [1.165, 1.54) is 0 Å². The van der Waals surface area contributed by atoms with Gasteiger partial charge in [0.2, 0.25) is 0 Å². The van der Waals surface area contributed by atoms with Crippen LogP contribution in [0, 0.1) is 0 Å². The minimum atomic E-state index is -1.64. The quantitative estimate of drug-likeness (QED) is 0.0949. The Bertz CT molecular complexity index is 917. The van der Waals surface area contributed by atoms with E-state index in [2.05, 4.69) is 17.9 Å². The fourth-order valence-corrected chi connectivity index (χ4v) is 2.15. The highest BCUT2D eigenvalue weighted by Crippen LogP contribution is 2.20. The molecule has 0 bridgehead atoms. The van der Waals surface area contributed by atoms with Gasteiger partial charge in [0.25, 0.3) is 0 Å². The van der Waals surface area contributed by atoms with Crippen molar-refractivity contribution in [1.82, 2.24) is 0 Å². The highest BCUT2D eigenvalue weighted by atomic mass is 16.6. The second kappa shape index (κ2) is 12.6. The molecule has 12 nitrogen and oxygen atoms in total. The predicted octanol–water partition coefficient (Wildman–Crippen LogP) is 0.647. The first-order valence-electron chi connectivity index (χ1n) is 8.82. The maximum Gasteiger partial charge on any atom is 0.339 e. The van der Waals surface area contributed by atoms with Crippen LogP contribution in [0.5, 0.6) is 0 Å². The molecule has 0 unspecified atom stereocenters. The summed E-state index contributed by atoms with van der Waals surface area (Å²) >= 11 is 0. The summed E-state index contributed by atoms with van der Waals surface area (Å²) in [7, 11) is 0. The minimum absolute atomic E-state index is 0.256. The molecule has 12 heteroatoms. The summed E-state index contributed by atoms with van der Waals surface area (Å²) in [5.41, 5.74) is -2.69. The van der Waals surface area contributed by atoms with Crippen LogP contribution < -0.4 is 0 Å². The van der Waals surface area contributed by atoms with Gasteiger partial charge in [-0.3, -0.25) is 0 Å². The molecule has 0 saturated carbocycles. The Kier molecular flexibility index (Phi) is 10.3. The van der Waals surface area contributed by atoms with Crippen molar-refractivity contribution in [2.24, 2.45) is 0 Å². The normalized spacial score (nSPS) is 11.0. The summed E-state index contributed by atoms with van der Waals surface area (Å²) in [6.07, 6.45) is 0.659. The molecular formula is C20H20O12. The fourth-order valence-electron chi connectivity index (χ4n) is 2.15. The van der Waals surface area contributed by atoms with Gasteiger partial charge >= 0.3 is 29.8 Å². The molecule has 1 aromatic carbocycles. The molecule has 0 aliphatic heterocycles. The van der Waals surface area contributed by atoms with Crippen LogP contribution in [0.1, 0.15) is 41.4 Å². The largest absolute Gasteiger partial charge is 0.478 e. The summed E-state index contributed by atoms with van der Waals surface area (Å²) in [4.78, 5) is 58.6. The highest BCUT2D eigenvalue weighted by Gasteiger charge is 2.27.